The summed E-state index contributed by atoms with van der Waals surface area (Å²) in [6, 6.07) is 15.9. The first-order valence-electron chi connectivity index (χ1n) is 6.33. The predicted molar refractivity (Wildman–Crippen MR) is 81.3 cm³/mol. The molecule has 0 saturated heterocycles. The first kappa shape index (κ1) is 16.6. The molecule has 0 aliphatic rings. The van der Waals surface area contributed by atoms with Crippen molar-refractivity contribution >= 4 is 12.4 Å². The van der Waals surface area contributed by atoms with Gasteiger partial charge in [0.05, 0.1) is 18.8 Å². The van der Waals surface area contributed by atoms with Crippen molar-refractivity contribution in [1.82, 2.24) is 0 Å². The molecule has 0 aliphatic heterocycles. The van der Waals surface area contributed by atoms with Crippen LogP contribution in [0.4, 0.5) is 4.39 Å². The van der Waals surface area contributed by atoms with Crippen LogP contribution in [0, 0.1) is 5.82 Å². The maximum atomic E-state index is 12.8. The van der Waals surface area contributed by atoms with Gasteiger partial charge in [-0.2, -0.15) is 0 Å². The number of rotatable bonds is 5. The van der Waals surface area contributed by atoms with Gasteiger partial charge in [0, 0.05) is 0 Å². The number of hydrogen-bond acceptors (Lipinski definition) is 2. The zero-order valence-electron chi connectivity index (χ0n) is 11.3. The van der Waals surface area contributed by atoms with E-state index in [0.717, 1.165) is 11.1 Å². The fourth-order valence-electron chi connectivity index (χ4n) is 1.86. The summed E-state index contributed by atoms with van der Waals surface area (Å²) >= 11 is 0. The summed E-state index contributed by atoms with van der Waals surface area (Å²) in [4.78, 5) is 0. The molecular weight excluding hydrogens is 277 g/mol. The van der Waals surface area contributed by atoms with Crippen LogP contribution in [0.2, 0.25) is 0 Å². The lowest BCUT2D eigenvalue weighted by molar-refractivity contribution is 0.0357. The minimum atomic E-state index is -0.260. The molecule has 0 bridgehead atoms. The molecular formula is C16H19ClFNO. The van der Waals surface area contributed by atoms with E-state index in [0.29, 0.717) is 6.61 Å². The Labute approximate surface area is 125 Å². The number of halogens is 2. The lowest BCUT2D eigenvalue weighted by atomic mass is 10.0. The second-order valence-electron chi connectivity index (χ2n) is 4.58. The zero-order valence-corrected chi connectivity index (χ0v) is 12.1. The van der Waals surface area contributed by atoms with Crippen LogP contribution >= 0.6 is 12.4 Å². The van der Waals surface area contributed by atoms with E-state index in [4.69, 9.17) is 10.5 Å². The van der Waals surface area contributed by atoms with Gasteiger partial charge in [0.2, 0.25) is 0 Å². The molecule has 2 N–H and O–H groups in total. The molecule has 2 rings (SSSR count). The van der Waals surface area contributed by atoms with Gasteiger partial charge < -0.3 is 10.5 Å². The van der Waals surface area contributed by atoms with Gasteiger partial charge in [0.1, 0.15) is 5.82 Å². The molecule has 20 heavy (non-hydrogen) atoms. The van der Waals surface area contributed by atoms with Gasteiger partial charge in [-0.05, 0) is 30.2 Å². The third-order valence-corrected chi connectivity index (χ3v) is 3.12. The molecule has 2 aromatic carbocycles. The summed E-state index contributed by atoms with van der Waals surface area (Å²) in [5, 5.41) is 0. The van der Waals surface area contributed by atoms with Crippen molar-refractivity contribution in [3.63, 3.8) is 0 Å². The van der Waals surface area contributed by atoms with E-state index in [2.05, 4.69) is 0 Å². The van der Waals surface area contributed by atoms with Crippen molar-refractivity contribution in [2.24, 2.45) is 5.73 Å². The van der Waals surface area contributed by atoms with Gasteiger partial charge in [0.25, 0.3) is 0 Å². The molecule has 0 aromatic heterocycles. The quantitative estimate of drug-likeness (QED) is 0.909. The maximum Gasteiger partial charge on any atom is 0.123 e. The van der Waals surface area contributed by atoms with E-state index in [9.17, 15) is 4.39 Å². The van der Waals surface area contributed by atoms with E-state index < -0.39 is 0 Å². The van der Waals surface area contributed by atoms with Gasteiger partial charge in [-0.15, -0.1) is 12.4 Å². The SMILES string of the molecule is C[C@H](OCc1ccccc1)[C@H](N)c1ccc(F)cc1.Cl. The van der Waals surface area contributed by atoms with Crippen molar-refractivity contribution in [3.05, 3.63) is 71.5 Å². The van der Waals surface area contributed by atoms with Crippen LogP contribution in [0.1, 0.15) is 24.1 Å². The average molecular weight is 296 g/mol. The summed E-state index contributed by atoms with van der Waals surface area (Å²) in [5.74, 6) is -0.256. The Morgan fingerprint density at radius 2 is 1.65 bits per heavy atom. The smallest absolute Gasteiger partial charge is 0.123 e. The Morgan fingerprint density at radius 3 is 2.25 bits per heavy atom. The highest BCUT2D eigenvalue weighted by atomic mass is 35.5. The molecule has 4 heteroatoms. The van der Waals surface area contributed by atoms with Crippen molar-refractivity contribution in [3.8, 4) is 0 Å². The van der Waals surface area contributed by atoms with E-state index in [1.807, 2.05) is 37.3 Å². The topological polar surface area (TPSA) is 35.2 Å². The molecule has 0 aliphatic carbocycles. The molecule has 0 saturated carbocycles. The predicted octanol–water partition coefficient (Wildman–Crippen LogP) is 3.85. The summed E-state index contributed by atoms with van der Waals surface area (Å²) in [6.45, 7) is 2.45. The normalized spacial score (nSPS) is 13.3. The Hall–Kier alpha value is -1.42. The van der Waals surface area contributed by atoms with Crippen LogP contribution in [-0.4, -0.2) is 6.10 Å². The van der Waals surface area contributed by atoms with Gasteiger partial charge in [-0.25, -0.2) is 4.39 Å². The second kappa shape index (κ2) is 8.00. The number of ether oxygens (including phenoxy) is 1. The minimum Gasteiger partial charge on any atom is -0.372 e. The lowest BCUT2D eigenvalue weighted by Crippen LogP contribution is -2.26. The highest BCUT2D eigenvalue weighted by Gasteiger charge is 2.15. The summed E-state index contributed by atoms with van der Waals surface area (Å²) < 4.78 is 18.6. The van der Waals surface area contributed by atoms with Crippen LogP contribution in [0.3, 0.4) is 0 Å². The molecule has 108 valence electrons. The summed E-state index contributed by atoms with van der Waals surface area (Å²) in [5.41, 5.74) is 8.09. The molecule has 0 amide bonds. The number of nitrogens with two attached hydrogens (primary N) is 1. The van der Waals surface area contributed by atoms with Crippen molar-refractivity contribution in [2.75, 3.05) is 0 Å². The third-order valence-electron chi connectivity index (χ3n) is 3.12. The van der Waals surface area contributed by atoms with Crippen LogP contribution < -0.4 is 5.73 Å². The van der Waals surface area contributed by atoms with Crippen molar-refractivity contribution < 1.29 is 9.13 Å². The van der Waals surface area contributed by atoms with Crippen molar-refractivity contribution in [2.45, 2.75) is 25.7 Å². The highest BCUT2D eigenvalue weighted by Crippen LogP contribution is 2.18. The van der Waals surface area contributed by atoms with E-state index >= 15 is 0 Å². The standard InChI is InChI=1S/C16H18FNO.ClH/c1-12(19-11-13-5-3-2-4-6-13)16(18)14-7-9-15(17)10-8-14;/h2-10,12,16H,11,18H2,1H3;1H/t12-,16-;/m0./s1. The van der Waals surface area contributed by atoms with Gasteiger partial charge in [0.15, 0.2) is 0 Å². The molecule has 0 fully saturated rings. The molecule has 2 atom stereocenters. The monoisotopic (exact) mass is 295 g/mol. The fraction of sp³-hybridized carbons (Fsp3) is 0.250. The Kier molecular flexibility index (Phi) is 6.65. The van der Waals surface area contributed by atoms with Crippen LogP contribution in [0.5, 0.6) is 0 Å². The van der Waals surface area contributed by atoms with E-state index in [1.165, 1.54) is 12.1 Å². The first-order valence-corrected chi connectivity index (χ1v) is 6.33. The Morgan fingerprint density at radius 1 is 1.05 bits per heavy atom. The lowest BCUT2D eigenvalue weighted by Gasteiger charge is -2.21. The second-order valence-corrected chi connectivity index (χ2v) is 4.58. The van der Waals surface area contributed by atoms with Gasteiger partial charge in [-0.1, -0.05) is 42.5 Å². The molecule has 0 heterocycles. The van der Waals surface area contributed by atoms with E-state index in [1.54, 1.807) is 12.1 Å². The van der Waals surface area contributed by atoms with Gasteiger partial charge in [-0.3, -0.25) is 0 Å². The molecule has 0 unspecified atom stereocenters. The maximum absolute atomic E-state index is 12.8. The summed E-state index contributed by atoms with van der Waals surface area (Å²) in [7, 11) is 0. The Bertz CT molecular complexity index is 504. The number of benzene rings is 2. The molecule has 0 radical (unpaired) electrons. The largest absolute Gasteiger partial charge is 0.372 e. The fourth-order valence-corrected chi connectivity index (χ4v) is 1.86. The molecule has 0 spiro atoms. The van der Waals surface area contributed by atoms with Crippen LogP contribution in [0.25, 0.3) is 0 Å². The molecule has 2 nitrogen and oxygen atoms in total. The zero-order chi connectivity index (χ0) is 13.7. The molecule has 2 aromatic rings. The third kappa shape index (κ3) is 4.60. The minimum absolute atomic E-state index is 0. The first-order chi connectivity index (χ1) is 9.16. The highest BCUT2D eigenvalue weighted by molar-refractivity contribution is 5.85. The number of hydrogen-bond donors (Lipinski definition) is 1. The van der Waals surface area contributed by atoms with Crippen LogP contribution in [0.15, 0.2) is 54.6 Å². The van der Waals surface area contributed by atoms with Crippen LogP contribution in [-0.2, 0) is 11.3 Å². The summed E-state index contributed by atoms with van der Waals surface area (Å²) in [6.07, 6.45) is -0.134. The van der Waals surface area contributed by atoms with E-state index in [-0.39, 0.29) is 30.4 Å². The van der Waals surface area contributed by atoms with Crippen molar-refractivity contribution in [1.29, 1.82) is 0 Å². The average Bonchev–Trinajstić information content (AvgIpc) is 2.46. The van der Waals surface area contributed by atoms with Gasteiger partial charge >= 0.3 is 0 Å². The Balaban J connectivity index is 0.00000200.